The molecule has 1 saturated heterocycles. The van der Waals surface area contributed by atoms with Crippen molar-refractivity contribution in [1.29, 1.82) is 0 Å². The summed E-state index contributed by atoms with van der Waals surface area (Å²) >= 11 is 5.94. The molecule has 168 valence electrons. The van der Waals surface area contributed by atoms with Crippen LogP contribution in [0, 0.1) is 12.8 Å². The van der Waals surface area contributed by atoms with Gasteiger partial charge in [-0.15, -0.1) is 0 Å². The lowest BCUT2D eigenvalue weighted by Crippen LogP contribution is -2.43. The number of hydrogen-bond donors (Lipinski definition) is 1. The van der Waals surface area contributed by atoms with Crippen molar-refractivity contribution in [1.82, 2.24) is 20.4 Å². The Hall–Kier alpha value is -2.70. The summed E-state index contributed by atoms with van der Waals surface area (Å²) < 4.78 is 5.44. The summed E-state index contributed by atoms with van der Waals surface area (Å²) in [4.78, 5) is 19.4. The fourth-order valence-electron chi connectivity index (χ4n) is 4.16. The van der Waals surface area contributed by atoms with Gasteiger partial charge in [-0.2, -0.15) is 4.98 Å². The van der Waals surface area contributed by atoms with Crippen molar-refractivity contribution in [3.63, 3.8) is 0 Å². The number of nitrogens with one attached hydrogen (secondary N) is 1. The molecule has 2 aromatic carbocycles. The third kappa shape index (κ3) is 6.17. The van der Waals surface area contributed by atoms with E-state index < -0.39 is 0 Å². The predicted octanol–water partition coefficient (Wildman–Crippen LogP) is 4.66. The van der Waals surface area contributed by atoms with E-state index >= 15 is 0 Å². The van der Waals surface area contributed by atoms with Crippen molar-refractivity contribution >= 4 is 17.5 Å². The minimum Gasteiger partial charge on any atom is -0.356 e. The number of halogens is 1. The molecule has 2 heterocycles. The number of piperidine rings is 1. The lowest BCUT2D eigenvalue weighted by atomic mass is 9.97. The van der Waals surface area contributed by atoms with Crippen LogP contribution >= 0.6 is 11.6 Å². The van der Waals surface area contributed by atoms with Crippen molar-refractivity contribution in [2.45, 2.75) is 39.2 Å². The molecule has 1 amide bonds. The number of likely N-dealkylation sites (tertiary alicyclic amines) is 1. The SMILES string of the molecule is Cc1cccc(CCCNC(=O)C2CCCN(Cc3nc(-c4ccc(Cl)cc4)no3)C2)c1. The quantitative estimate of drug-likeness (QED) is 0.503. The topological polar surface area (TPSA) is 71.3 Å². The Labute approximate surface area is 194 Å². The predicted molar refractivity (Wildman–Crippen MR) is 125 cm³/mol. The summed E-state index contributed by atoms with van der Waals surface area (Å²) in [6.07, 6.45) is 3.83. The number of aromatic nitrogens is 2. The summed E-state index contributed by atoms with van der Waals surface area (Å²) in [5.41, 5.74) is 3.46. The maximum absolute atomic E-state index is 12.7. The molecule has 1 aromatic heterocycles. The van der Waals surface area contributed by atoms with Gasteiger partial charge in [-0.3, -0.25) is 9.69 Å². The van der Waals surface area contributed by atoms with Crippen LogP contribution in [0.4, 0.5) is 0 Å². The van der Waals surface area contributed by atoms with Gasteiger partial charge in [-0.05, 0) is 69.0 Å². The van der Waals surface area contributed by atoms with E-state index in [0.717, 1.165) is 37.8 Å². The maximum Gasteiger partial charge on any atom is 0.241 e. The van der Waals surface area contributed by atoms with E-state index in [1.807, 2.05) is 24.3 Å². The molecule has 32 heavy (non-hydrogen) atoms. The van der Waals surface area contributed by atoms with Crippen LogP contribution in [-0.2, 0) is 17.8 Å². The fraction of sp³-hybridized carbons (Fsp3) is 0.400. The highest BCUT2D eigenvalue weighted by molar-refractivity contribution is 6.30. The molecular formula is C25H29ClN4O2. The van der Waals surface area contributed by atoms with Crippen molar-refractivity contribution in [3.05, 3.63) is 70.6 Å². The number of nitrogens with zero attached hydrogens (tertiary/aromatic N) is 3. The van der Waals surface area contributed by atoms with Crippen molar-refractivity contribution < 1.29 is 9.32 Å². The molecule has 7 heteroatoms. The highest BCUT2D eigenvalue weighted by atomic mass is 35.5. The molecule has 1 N–H and O–H groups in total. The van der Waals surface area contributed by atoms with Crippen LogP contribution in [0.3, 0.4) is 0 Å². The van der Waals surface area contributed by atoms with Gasteiger partial charge in [0, 0.05) is 23.7 Å². The molecule has 1 aliphatic heterocycles. The number of benzene rings is 2. The Morgan fingerprint density at radius 2 is 2.09 bits per heavy atom. The standard InChI is InChI=1S/C25H29ClN4O2/c1-18-5-2-6-19(15-18)7-3-13-27-25(31)21-8-4-14-30(16-21)17-23-28-24(29-32-23)20-9-11-22(26)12-10-20/h2,5-6,9-12,15,21H,3-4,7-8,13-14,16-17H2,1H3,(H,27,31). The molecule has 4 rings (SSSR count). The van der Waals surface area contributed by atoms with Gasteiger partial charge in [-0.25, -0.2) is 0 Å². The first-order chi connectivity index (χ1) is 15.6. The monoisotopic (exact) mass is 452 g/mol. The average molecular weight is 453 g/mol. The average Bonchev–Trinajstić information content (AvgIpc) is 3.26. The zero-order chi connectivity index (χ0) is 22.3. The highest BCUT2D eigenvalue weighted by Crippen LogP contribution is 2.21. The Bertz CT molecular complexity index is 1030. The number of hydrogen-bond acceptors (Lipinski definition) is 5. The van der Waals surface area contributed by atoms with Gasteiger partial charge in [0.25, 0.3) is 0 Å². The molecule has 0 bridgehead atoms. The van der Waals surface area contributed by atoms with Crippen LogP contribution in [0.5, 0.6) is 0 Å². The van der Waals surface area contributed by atoms with E-state index in [9.17, 15) is 4.79 Å². The van der Waals surface area contributed by atoms with Crippen LogP contribution < -0.4 is 5.32 Å². The molecule has 6 nitrogen and oxygen atoms in total. The molecule has 0 saturated carbocycles. The normalized spacial score (nSPS) is 16.8. The highest BCUT2D eigenvalue weighted by Gasteiger charge is 2.26. The number of amides is 1. The number of rotatable bonds is 8. The molecule has 1 unspecified atom stereocenters. The summed E-state index contributed by atoms with van der Waals surface area (Å²) in [6, 6.07) is 15.9. The van der Waals surface area contributed by atoms with Gasteiger partial charge in [0.05, 0.1) is 12.5 Å². The van der Waals surface area contributed by atoms with Crippen LogP contribution in [0.15, 0.2) is 53.1 Å². The maximum atomic E-state index is 12.7. The van der Waals surface area contributed by atoms with Crippen LogP contribution in [0.25, 0.3) is 11.4 Å². The van der Waals surface area contributed by atoms with Crippen LogP contribution in [0.1, 0.15) is 36.3 Å². The summed E-state index contributed by atoms with van der Waals surface area (Å²) in [6.45, 7) is 5.00. The van der Waals surface area contributed by atoms with Gasteiger partial charge in [0.1, 0.15) is 0 Å². The smallest absolute Gasteiger partial charge is 0.241 e. The van der Waals surface area contributed by atoms with Crippen molar-refractivity contribution in [2.24, 2.45) is 5.92 Å². The van der Waals surface area contributed by atoms with Crippen molar-refractivity contribution in [3.8, 4) is 11.4 Å². The third-order valence-corrected chi connectivity index (χ3v) is 6.08. The second-order valence-corrected chi connectivity index (χ2v) is 8.91. The Morgan fingerprint density at radius 1 is 1.25 bits per heavy atom. The van der Waals surface area contributed by atoms with E-state index in [1.54, 1.807) is 0 Å². The molecular weight excluding hydrogens is 424 g/mol. The zero-order valence-electron chi connectivity index (χ0n) is 18.4. The van der Waals surface area contributed by atoms with Crippen LogP contribution in [0.2, 0.25) is 5.02 Å². The number of carbonyl (C=O) groups is 1. The lowest BCUT2D eigenvalue weighted by Gasteiger charge is -2.30. The first-order valence-electron chi connectivity index (χ1n) is 11.2. The minimum absolute atomic E-state index is 0.00127. The summed E-state index contributed by atoms with van der Waals surface area (Å²) in [5.74, 6) is 1.26. The summed E-state index contributed by atoms with van der Waals surface area (Å²) in [5, 5.41) is 7.88. The first-order valence-corrected chi connectivity index (χ1v) is 11.6. The van der Waals surface area contributed by atoms with Gasteiger partial charge in [-0.1, -0.05) is 46.6 Å². The Morgan fingerprint density at radius 3 is 2.91 bits per heavy atom. The van der Waals surface area contributed by atoms with Gasteiger partial charge < -0.3 is 9.84 Å². The minimum atomic E-state index is 0.00127. The zero-order valence-corrected chi connectivity index (χ0v) is 19.1. The number of aryl methyl sites for hydroxylation is 2. The molecule has 1 fully saturated rings. The Kier molecular flexibility index (Phi) is 7.55. The van der Waals surface area contributed by atoms with E-state index in [0.29, 0.717) is 36.4 Å². The van der Waals surface area contributed by atoms with Gasteiger partial charge in [0.15, 0.2) is 0 Å². The third-order valence-electron chi connectivity index (χ3n) is 5.83. The summed E-state index contributed by atoms with van der Waals surface area (Å²) in [7, 11) is 0. The largest absolute Gasteiger partial charge is 0.356 e. The fourth-order valence-corrected chi connectivity index (χ4v) is 4.28. The van der Waals surface area contributed by atoms with E-state index in [1.165, 1.54) is 11.1 Å². The van der Waals surface area contributed by atoms with E-state index in [-0.39, 0.29) is 11.8 Å². The molecule has 1 atom stereocenters. The lowest BCUT2D eigenvalue weighted by molar-refractivity contribution is -0.126. The molecule has 0 spiro atoms. The molecule has 0 aliphatic carbocycles. The van der Waals surface area contributed by atoms with Gasteiger partial charge >= 0.3 is 0 Å². The molecule has 1 aliphatic rings. The van der Waals surface area contributed by atoms with E-state index in [4.69, 9.17) is 16.1 Å². The van der Waals surface area contributed by atoms with Gasteiger partial charge in [0.2, 0.25) is 17.6 Å². The second-order valence-electron chi connectivity index (χ2n) is 8.48. The molecule has 3 aromatic rings. The number of carbonyl (C=O) groups excluding carboxylic acids is 1. The Balaban J connectivity index is 1.23. The van der Waals surface area contributed by atoms with Crippen molar-refractivity contribution in [2.75, 3.05) is 19.6 Å². The van der Waals surface area contributed by atoms with E-state index in [2.05, 4.69) is 51.5 Å². The second kappa shape index (κ2) is 10.7. The molecule has 0 radical (unpaired) electrons. The van der Waals surface area contributed by atoms with Crippen LogP contribution in [-0.4, -0.2) is 40.6 Å². The first kappa shape index (κ1) is 22.5.